The largest absolute Gasteiger partial charge is 1.00 e. The number of hydrogen-bond acceptors (Lipinski definition) is 5. The van der Waals surface area contributed by atoms with Crippen LogP contribution >= 0.6 is 11.3 Å². The van der Waals surface area contributed by atoms with Gasteiger partial charge in [0.1, 0.15) is 6.04 Å². The van der Waals surface area contributed by atoms with E-state index in [9.17, 15) is 4.79 Å². The van der Waals surface area contributed by atoms with Crippen molar-refractivity contribution in [2.45, 2.75) is 18.9 Å². The Morgan fingerprint density at radius 3 is 2.88 bits per heavy atom. The summed E-state index contributed by atoms with van der Waals surface area (Å²) in [7, 11) is 6.02. The Morgan fingerprint density at radius 2 is 2.19 bits per heavy atom. The quantitative estimate of drug-likeness (QED) is 0.357. The van der Waals surface area contributed by atoms with E-state index in [-0.39, 0.29) is 42.6 Å². The fraction of sp³-hybridized carbons (Fsp3) is 0.421. The lowest BCUT2D eigenvalue weighted by atomic mass is 9.86. The molecule has 0 spiro atoms. The van der Waals surface area contributed by atoms with Gasteiger partial charge in [0.2, 0.25) is 12.5 Å². The number of Topliss-reactive ketones (excluding diaryl/α,β-unsaturated/α-hetero) is 1. The molecule has 0 saturated carbocycles. The summed E-state index contributed by atoms with van der Waals surface area (Å²) in [5.41, 5.74) is 2.29. The van der Waals surface area contributed by atoms with Crippen LogP contribution in [0.4, 0.5) is 0 Å². The van der Waals surface area contributed by atoms with Gasteiger partial charge < -0.3 is 42.7 Å². The highest BCUT2D eigenvalue weighted by Crippen LogP contribution is 2.51. The lowest BCUT2D eigenvalue weighted by Crippen LogP contribution is -3.00. The highest BCUT2D eigenvalue weighted by Gasteiger charge is 2.42. The molecule has 0 bridgehead atoms. The molecule has 0 saturated heterocycles. The van der Waals surface area contributed by atoms with E-state index in [1.54, 1.807) is 7.11 Å². The molecule has 7 heteroatoms. The number of fused-ring (bicyclic) bond motifs is 2. The van der Waals surface area contributed by atoms with Crippen LogP contribution in [0.15, 0.2) is 23.6 Å². The highest BCUT2D eigenvalue weighted by molar-refractivity contribution is 7.12. The second-order valence-corrected chi connectivity index (χ2v) is 8.04. The minimum atomic E-state index is 0. The van der Waals surface area contributed by atoms with Gasteiger partial charge in [0.25, 0.3) is 0 Å². The normalized spacial score (nSPS) is 19.4. The van der Waals surface area contributed by atoms with Gasteiger partial charge in [-0.3, -0.25) is 4.79 Å². The van der Waals surface area contributed by atoms with Crippen LogP contribution in [-0.4, -0.2) is 44.8 Å². The molecule has 0 N–H and O–H groups in total. The molecule has 0 amide bonds. The molecule has 1 aromatic carbocycles. The van der Waals surface area contributed by atoms with E-state index in [2.05, 4.69) is 20.2 Å². The molecule has 0 fully saturated rings. The number of nitrogens with zero attached hydrogens (tertiary/aromatic N) is 1. The number of methoxy groups -OCH3 is 1. The minimum absolute atomic E-state index is 0. The third-order valence-electron chi connectivity index (χ3n) is 5.26. The zero-order chi connectivity index (χ0) is 17.6. The summed E-state index contributed by atoms with van der Waals surface area (Å²) in [5.74, 6) is 2.31. The van der Waals surface area contributed by atoms with Crippen molar-refractivity contribution < 1.29 is 47.5 Å². The molecule has 26 heavy (non-hydrogen) atoms. The lowest BCUT2D eigenvalue weighted by Gasteiger charge is -2.43. The number of carbonyl (C=O) groups is 1. The van der Waals surface area contributed by atoms with Gasteiger partial charge in [-0.15, -0.1) is 11.3 Å². The first kappa shape index (κ1) is 19.4. The van der Waals surface area contributed by atoms with E-state index in [1.807, 2.05) is 17.5 Å². The molecule has 140 valence electrons. The van der Waals surface area contributed by atoms with Gasteiger partial charge in [0.15, 0.2) is 17.3 Å². The van der Waals surface area contributed by atoms with Crippen LogP contribution < -0.4 is 38.2 Å². The van der Waals surface area contributed by atoms with Crippen LogP contribution in [0.1, 0.15) is 33.3 Å². The average Bonchev–Trinajstić information content (AvgIpc) is 3.26. The summed E-state index contributed by atoms with van der Waals surface area (Å²) >= 11 is 1.50. The number of ketones is 1. The van der Waals surface area contributed by atoms with Crippen LogP contribution in [-0.2, 0) is 6.42 Å². The number of benzene rings is 1. The van der Waals surface area contributed by atoms with Crippen molar-refractivity contribution in [1.29, 1.82) is 0 Å². The van der Waals surface area contributed by atoms with Crippen molar-refractivity contribution in [2.75, 3.05) is 34.5 Å². The van der Waals surface area contributed by atoms with Crippen LogP contribution in [0, 0.1) is 0 Å². The number of quaternary nitrogens is 1. The second kappa shape index (κ2) is 7.36. The van der Waals surface area contributed by atoms with Crippen LogP contribution in [0.2, 0.25) is 0 Å². The number of thiophene rings is 1. The lowest BCUT2D eigenvalue weighted by molar-refractivity contribution is -0.922. The molecule has 2 aliphatic heterocycles. The predicted molar refractivity (Wildman–Crippen MR) is 95.8 cm³/mol. The first-order valence-corrected chi connectivity index (χ1v) is 9.28. The third kappa shape index (κ3) is 3.20. The number of carbonyl (C=O) groups excluding carboxylic acids is 1. The SMILES string of the molecule is COc1c2c(cc3c1C(CC(=O)c1cccs1)[N+](C)(C)CC3)OCO2.[I-]. The molecule has 1 atom stereocenters. The molecular weight excluding hydrogens is 465 g/mol. The maximum Gasteiger partial charge on any atom is 0.231 e. The Morgan fingerprint density at radius 1 is 1.38 bits per heavy atom. The second-order valence-electron chi connectivity index (χ2n) is 7.09. The number of halogens is 1. The summed E-state index contributed by atoms with van der Waals surface area (Å²) in [4.78, 5) is 13.6. The van der Waals surface area contributed by atoms with Crippen molar-refractivity contribution >= 4 is 17.1 Å². The zero-order valence-corrected chi connectivity index (χ0v) is 18.1. The number of ether oxygens (including phenoxy) is 3. The van der Waals surface area contributed by atoms with E-state index < -0.39 is 0 Å². The number of likely N-dealkylation sites (N-methyl/N-ethyl adjacent to an activating group) is 1. The van der Waals surface area contributed by atoms with Crippen LogP contribution in [0.25, 0.3) is 0 Å². The monoisotopic (exact) mass is 487 g/mol. The van der Waals surface area contributed by atoms with Crippen LogP contribution in [0.3, 0.4) is 0 Å². The number of hydrogen-bond donors (Lipinski definition) is 0. The van der Waals surface area contributed by atoms with E-state index in [0.29, 0.717) is 12.2 Å². The van der Waals surface area contributed by atoms with Gasteiger partial charge >= 0.3 is 0 Å². The van der Waals surface area contributed by atoms with Crippen molar-refractivity contribution in [3.8, 4) is 17.2 Å². The molecule has 2 aliphatic rings. The molecule has 0 radical (unpaired) electrons. The number of rotatable bonds is 4. The minimum Gasteiger partial charge on any atom is -1.00 e. The Labute approximate surface area is 174 Å². The summed E-state index contributed by atoms with van der Waals surface area (Å²) in [6.45, 7) is 1.18. The van der Waals surface area contributed by atoms with Crippen LogP contribution in [0.5, 0.6) is 17.2 Å². The molecule has 0 aliphatic carbocycles. The van der Waals surface area contributed by atoms with Gasteiger partial charge in [-0.2, -0.15) is 0 Å². The zero-order valence-electron chi connectivity index (χ0n) is 15.1. The van der Waals surface area contributed by atoms with Crippen molar-refractivity contribution in [2.24, 2.45) is 0 Å². The highest BCUT2D eigenvalue weighted by atomic mass is 127. The average molecular weight is 487 g/mol. The summed E-state index contributed by atoms with van der Waals surface area (Å²) in [6, 6.07) is 5.91. The van der Waals surface area contributed by atoms with Gasteiger partial charge in [-0.25, -0.2) is 0 Å². The van der Waals surface area contributed by atoms with Gasteiger partial charge in [0, 0.05) is 6.42 Å². The predicted octanol–water partition coefficient (Wildman–Crippen LogP) is 0.436. The summed E-state index contributed by atoms with van der Waals surface area (Å²) in [5, 5.41) is 1.95. The Balaban J connectivity index is 0.00000196. The third-order valence-corrected chi connectivity index (χ3v) is 6.17. The first-order chi connectivity index (χ1) is 12.0. The van der Waals surface area contributed by atoms with Crippen molar-refractivity contribution in [1.82, 2.24) is 0 Å². The van der Waals surface area contributed by atoms with Crippen molar-refractivity contribution in [3.63, 3.8) is 0 Å². The molecule has 1 aromatic heterocycles. The van der Waals surface area contributed by atoms with Gasteiger partial charge in [0.05, 0.1) is 44.6 Å². The molecule has 2 aromatic rings. The molecule has 4 rings (SSSR count). The first-order valence-electron chi connectivity index (χ1n) is 8.40. The molecule has 1 unspecified atom stereocenters. The fourth-order valence-corrected chi connectivity index (χ4v) is 4.50. The summed E-state index contributed by atoms with van der Waals surface area (Å²) < 4.78 is 17.7. The smallest absolute Gasteiger partial charge is 0.231 e. The van der Waals surface area contributed by atoms with E-state index in [4.69, 9.17) is 14.2 Å². The topological polar surface area (TPSA) is 44.8 Å². The summed E-state index contributed by atoms with van der Waals surface area (Å²) in [6.07, 6.45) is 1.38. The molecule has 3 heterocycles. The Hall–Kier alpha value is -1.32. The van der Waals surface area contributed by atoms with Gasteiger partial charge in [-0.1, -0.05) is 6.07 Å². The fourth-order valence-electron chi connectivity index (χ4n) is 3.83. The maximum absolute atomic E-state index is 12.8. The standard InChI is InChI=1S/C19H22NO4S.HI/c1-20(2)7-6-12-9-15-18(24-11-23-15)19(22-3)17(12)13(20)10-14(21)16-5-4-8-25-16;/h4-5,8-9,13H,6-7,10-11H2,1-3H3;1H/q+1;/p-1. The Kier molecular flexibility index (Phi) is 5.50. The van der Waals surface area contributed by atoms with Crippen molar-refractivity contribution in [3.05, 3.63) is 39.6 Å². The van der Waals surface area contributed by atoms with Gasteiger partial charge in [-0.05, 0) is 23.1 Å². The Bertz CT molecular complexity index is 819. The van der Waals surface area contributed by atoms with E-state index >= 15 is 0 Å². The van der Waals surface area contributed by atoms with E-state index in [1.165, 1.54) is 16.9 Å². The molecular formula is C19H22INO4S. The van der Waals surface area contributed by atoms with E-state index in [0.717, 1.165) is 39.4 Å². The maximum atomic E-state index is 12.8. The molecule has 5 nitrogen and oxygen atoms in total.